The van der Waals surface area contributed by atoms with Crippen molar-refractivity contribution >= 4 is 28.5 Å². The Bertz CT molecular complexity index is 1440. The summed E-state index contributed by atoms with van der Waals surface area (Å²) in [7, 11) is 0. The molecule has 0 radical (unpaired) electrons. The highest BCUT2D eigenvalue weighted by Crippen LogP contribution is 2.36. The first kappa shape index (κ1) is 21.2. The molecule has 4 N–H and O–H groups in total. The highest BCUT2D eigenvalue weighted by atomic mass is 35.5. The zero-order chi connectivity index (χ0) is 23.0. The van der Waals surface area contributed by atoms with Gasteiger partial charge in [-0.1, -0.05) is 11.6 Å². The van der Waals surface area contributed by atoms with Crippen LogP contribution in [0, 0.1) is 11.3 Å². The van der Waals surface area contributed by atoms with E-state index in [0.717, 1.165) is 16.8 Å². The summed E-state index contributed by atoms with van der Waals surface area (Å²) in [6.07, 6.45) is -3.83. The molecular weight excluding hydrogens is 449 g/mol. The summed E-state index contributed by atoms with van der Waals surface area (Å²) in [5.74, 6) is -0.742. The largest absolute Gasteiger partial charge is 0.451 e. The molecule has 4 aromatic rings. The maximum absolute atomic E-state index is 13.6. The minimum absolute atomic E-state index is 0.0665. The second kappa shape index (κ2) is 7.90. The van der Waals surface area contributed by atoms with Crippen molar-refractivity contribution in [1.82, 2.24) is 14.8 Å². The smallest absolute Gasteiger partial charge is 0.420 e. The first-order valence-corrected chi connectivity index (χ1v) is 9.37. The quantitative estimate of drug-likeness (QED) is 0.481. The lowest BCUT2D eigenvalue weighted by Crippen LogP contribution is -2.25. The van der Waals surface area contributed by atoms with E-state index in [4.69, 9.17) is 27.3 Å². The monoisotopic (exact) mass is 461 g/mol. The molecule has 0 fully saturated rings. The number of nitrogens with two attached hydrogens (primary N) is 1. The second-order valence-electron chi connectivity index (χ2n) is 6.76. The number of nitrogens with zero attached hydrogens (tertiary/aromatic N) is 3. The molecular formula is C20H13ClF3N6O2+. The number of hydrogen-bond acceptors (Lipinski definition) is 5. The Balaban J connectivity index is 1.80. The number of halogens is 4. The third-order valence-corrected chi connectivity index (χ3v) is 4.77. The number of alkyl halides is 3. The SMILES string of the molecule is N#Cc1cc(Cl)cc(Oc2c(C(F)(F)F)ccn(Cc3[nH]nc4[nH+]c(N)ccc34)c2=O)c1. The number of pyridine rings is 2. The standard InChI is InChI=1S/C20H12ClF3N6O2/c21-11-5-10(8-25)6-12(7-11)32-17-14(20(22,23)24)3-4-30(19(17)31)9-15-13-1-2-16(26)27-18(13)29-28-15/h1-7H,9H2,(H3,26,27,28,29)/p+1. The van der Waals surface area contributed by atoms with Crippen LogP contribution in [-0.2, 0) is 12.7 Å². The van der Waals surface area contributed by atoms with Gasteiger partial charge in [0.15, 0.2) is 0 Å². The van der Waals surface area contributed by atoms with E-state index in [2.05, 4.69) is 15.2 Å². The number of aromatic amines is 2. The molecule has 4 rings (SSSR count). The van der Waals surface area contributed by atoms with Gasteiger partial charge in [-0.25, -0.2) is 10.1 Å². The molecule has 12 heteroatoms. The third kappa shape index (κ3) is 4.08. The Morgan fingerprint density at radius 2 is 2.06 bits per heavy atom. The van der Waals surface area contributed by atoms with E-state index in [9.17, 15) is 18.0 Å². The van der Waals surface area contributed by atoms with E-state index in [1.807, 2.05) is 6.07 Å². The van der Waals surface area contributed by atoms with Crippen molar-refractivity contribution in [1.29, 1.82) is 5.26 Å². The summed E-state index contributed by atoms with van der Waals surface area (Å²) in [5.41, 5.74) is 4.36. The van der Waals surface area contributed by atoms with Crippen molar-refractivity contribution in [2.45, 2.75) is 12.7 Å². The molecule has 1 aromatic carbocycles. The van der Waals surface area contributed by atoms with Crippen molar-refractivity contribution in [3.63, 3.8) is 0 Å². The molecule has 0 aliphatic heterocycles. The van der Waals surface area contributed by atoms with Crippen LogP contribution in [0.25, 0.3) is 11.0 Å². The second-order valence-corrected chi connectivity index (χ2v) is 7.19. The fraction of sp³-hybridized carbons (Fsp3) is 0.100. The summed E-state index contributed by atoms with van der Waals surface area (Å²) in [6.45, 7) is -0.111. The molecule has 0 spiro atoms. The molecule has 0 aliphatic carbocycles. The number of hydrogen-bond donors (Lipinski definition) is 2. The maximum Gasteiger partial charge on any atom is 0.420 e. The van der Waals surface area contributed by atoms with Crippen LogP contribution in [0.4, 0.5) is 19.0 Å². The third-order valence-electron chi connectivity index (χ3n) is 4.55. The molecule has 3 aromatic heterocycles. The summed E-state index contributed by atoms with van der Waals surface area (Å²) in [5, 5.41) is 16.5. The molecule has 32 heavy (non-hydrogen) atoms. The zero-order valence-electron chi connectivity index (χ0n) is 16.0. The van der Waals surface area contributed by atoms with Crippen molar-refractivity contribution in [2.24, 2.45) is 0 Å². The van der Waals surface area contributed by atoms with Crippen LogP contribution in [0.3, 0.4) is 0 Å². The molecule has 0 amide bonds. The first-order chi connectivity index (χ1) is 15.2. The van der Waals surface area contributed by atoms with Crippen LogP contribution in [0.2, 0.25) is 5.02 Å². The Kier molecular flexibility index (Phi) is 5.23. The maximum atomic E-state index is 13.6. The van der Waals surface area contributed by atoms with Crippen molar-refractivity contribution in [2.75, 3.05) is 5.73 Å². The minimum atomic E-state index is -4.85. The topological polar surface area (TPSA) is 124 Å². The van der Waals surface area contributed by atoms with Crippen LogP contribution in [0.15, 0.2) is 47.4 Å². The number of fused-ring (bicyclic) bond motifs is 1. The van der Waals surface area contributed by atoms with Crippen molar-refractivity contribution < 1.29 is 22.9 Å². The van der Waals surface area contributed by atoms with Gasteiger partial charge >= 0.3 is 6.18 Å². The molecule has 162 valence electrons. The van der Waals surface area contributed by atoms with Gasteiger partial charge in [0.1, 0.15) is 11.3 Å². The van der Waals surface area contributed by atoms with Gasteiger partial charge in [-0.15, -0.1) is 0 Å². The fourth-order valence-corrected chi connectivity index (χ4v) is 3.33. The van der Waals surface area contributed by atoms with E-state index < -0.39 is 23.0 Å². The zero-order valence-corrected chi connectivity index (χ0v) is 16.8. The number of ether oxygens (including phenoxy) is 1. The molecule has 0 saturated carbocycles. The van der Waals surface area contributed by atoms with E-state index in [1.54, 1.807) is 12.1 Å². The lowest BCUT2D eigenvalue weighted by atomic mass is 10.2. The molecule has 0 unspecified atom stereocenters. The summed E-state index contributed by atoms with van der Waals surface area (Å²) < 4.78 is 47.1. The number of rotatable bonds is 4. The Morgan fingerprint density at radius 1 is 1.28 bits per heavy atom. The van der Waals surface area contributed by atoms with Gasteiger partial charge in [0, 0.05) is 17.3 Å². The van der Waals surface area contributed by atoms with Gasteiger partial charge in [0.25, 0.3) is 11.2 Å². The van der Waals surface area contributed by atoms with Crippen LogP contribution in [0.1, 0.15) is 16.8 Å². The lowest BCUT2D eigenvalue weighted by Gasteiger charge is -2.15. The molecule has 3 heterocycles. The predicted molar refractivity (Wildman–Crippen MR) is 108 cm³/mol. The van der Waals surface area contributed by atoms with Gasteiger partial charge in [0.05, 0.1) is 29.3 Å². The average molecular weight is 462 g/mol. The molecule has 8 nitrogen and oxygen atoms in total. The van der Waals surface area contributed by atoms with E-state index in [-0.39, 0.29) is 22.9 Å². The van der Waals surface area contributed by atoms with Crippen molar-refractivity contribution in [3.8, 4) is 17.6 Å². The number of H-pyrrole nitrogens is 2. The van der Waals surface area contributed by atoms with E-state index in [0.29, 0.717) is 22.5 Å². The number of nitrogens with one attached hydrogen (secondary N) is 2. The molecule has 0 bridgehead atoms. The number of aromatic nitrogens is 4. The number of benzene rings is 1. The minimum Gasteiger partial charge on any atom is -0.451 e. The highest BCUT2D eigenvalue weighted by Gasteiger charge is 2.36. The fourth-order valence-electron chi connectivity index (χ4n) is 3.11. The lowest BCUT2D eigenvalue weighted by molar-refractivity contribution is -0.329. The molecule has 0 atom stereocenters. The number of nitriles is 1. The average Bonchev–Trinajstić information content (AvgIpc) is 3.11. The normalized spacial score (nSPS) is 11.5. The molecule has 0 aliphatic rings. The van der Waals surface area contributed by atoms with Crippen LogP contribution >= 0.6 is 11.6 Å². The first-order valence-electron chi connectivity index (χ1n) is 8.99. The number of nitrogen functional groups attached to an aromatic ring is 1. The predicted octanol–water partition coefficient (Wildman–Crippen LogP) is 3.51. The van der Waals surface area contributed by atoms with Crippen LogP contribution in [0.5, 0.6) is 11.5 Å². The van der Waals surface area contributed by atoms with Gasteiger partial charge in [-0.05, 0) is 35.4 Å². The number of anilines is 1. The van der Waals surface area contributed by atoms with Crippen molar-refractivity contribution in [3.05, 3.63) is 74.8 Å². The Hall–Kier alpha value is -4.04. The van der Waals surface area contributed by atoms with E-state index >= 15 is 0 Å². The molecule has 0 saturated heterocycles. The van der Waals surface area contributed by atoms with Crippen LogP contribution in [-0.4, -0.2) is 14.8 Å². The van der Waals surface area contributed by atoms with Crippen LogP contribution < -0.4 is 21.0 Å². The van der Waals surface area contributed by atoms with Gasteiger partial charge in [0.2, 0.25) is 11.6 Å². The van der Waals surface area contributed by atoms with E-state index in [1.165, 1.54) is 18.2 Å². The Labute approximate surface area is 182 Å². The van der Waals surface area contributed by atoms with Gasteiger partial charge < -0.3 is 15.0 Å². The highest BCUT2D eigenvalue weighted by molar-refractivity contribution is 6.30. The summed E-state index contributed by atoms with van der Waals surface area (Å²) >= 11 is 5.90. The summed E-state index contributed by atoms with van der Waals surface area (Å²) in [6, 6.07) is 9.54. The van der Waals surface area contributed by atoms with Gasteiger partial charge in [-0.3, -0.25) is 4.79 Å². The van der Waals surface area contributed by atoms with Gasteiger partial charge in [-0.2, -0.15) is 18.4 Å². The summed E-state index contributed by atoms with van der Waals surface area (Å²) in [4.78, 5) is 15.8. The Morgan fingerprint density at radius 3 is 2.78 bits per heavy atom.